The summed E-state index contributed by atoms with van der Waals surface area (Å²) in [5.74, 6) is -0.838. The van der Waals surface area contributed by atoms with E-state index in [9.17, 15) is 18.4 Å². The number of alkyl halides is 2. The molecule has 7 nitrogen and oxygen atoms in total. The molecule has 0 radical (unpaired) electrons. The third-order valence-corrected chi connectivity index (χ3v) is 4.09. The fourth-order valence-corrected chi connectivity index (χ4v) is 2.85. The van der Waals surface area contributed by atoms with Crippen molar-refractivity contribution in [2.75, 3.05) is 26.9 Å². The SMILES string of the molecule is C=CCN1C(=O)N[C@H](c2ccccc2OC(F)F)C(C(=O)OCCOC)=C1C. The lowest BCUT2D eigenvalue weighted by molar-refractivity contribution is -0.140. The molecule has 2 amide bonds. The van der Waals surface area contributed by atoms with E-state index in [0.29, 0.717) is 5.70 Å². The molecule has 1 atom stereocenters. The fraction of sp³-hybridized carbons (Fsp3) is 0.368. The average Bonchev–Trinajstić information content (AvgIpc) is 2.64. The zero-order valence-corrected chi connectivity index (χ0v) is 15.6. The molecule has 0 bridgehead atoms. The van der Waals surface area contributed by atoms with E-state index < -0.39 is 24.7 Å². The molecular weight excluding hydrogens is 374 g/mol. The highest BCUT2D eigenvalue weighted by Gasteiger charge is 2.37. The fourth-order valence-electron chi connectivity index (χ4n) is 2.85. The number of halogens is 2. The number of carbonyl (C=O) groups excluding carboxylic acids is 2. The van der Waals surface area contributed by atoms with Crippen molar-refractivity contribution in [3.8, 4) is 5.75 Å². The summed E-state index contributed by atoms with van der Waals surface area (Å²) >= 11 is 0. The van der Waals surface area contributed by atoms with Crippen LogP contribution in [0, 0.1) is 0 Å². The van der Waals surface area contributed by atoms with Gasteiger partial charge in [0.05, 0.1) is 18.2 Å². The van der Waals surface area contributed by atoms with E-state index in [1.807, 2.05) is 0 Å². The summed E-state index contributed by atoms with van der Waals surface area (Å²) in [6.07, 6.45) is 1.51. The highest BCUT2D eigenvalue weighted by Crippen LogP contribution is 2.36. The second-order valence-electron chi connectivity index (χ2n) is 5.83. The Morgan fingerprint density at radius 1 is 1.36 bits per heavy atom. The van der Waals surface area contributed by atoms with Gasteiger partial charge in [-0.15, -0.1) is 6.58 Å². The number of rotatable bonds is 9. The number of carbonyl (C=O) groups is 2. The lowest BCUT2D eigenvalue weighted by atomic mass is 9.94. The molecule has 1 aromatic carbocycles. The number of para-hydroxylation sites is 1. The van der Waals surface area contributed by atoms with Crippen LogP contribution in [-0.2, 0) is 14.3 Å². The molecule has 152 valence electrons. The highest BCUT2D eigenvalue weighted by atomic mass is 19.3. The first kappa shape index (κ1) is 21.4. The van der Waals surface area contributed by atoms with Crippen LogP contribution in [0.4, 0.5) is 13.6 Å². The van der Waals surface area contributed by atoms with Gasteiger partial charge in [-0.3, -0.25) is 4.90 Å². The molecule has 0 saturated carbocycles. The lowest BCUT2D eigenvalue weighted by Gasteiger charge is -2.35. The second-order valence-corrected chi connectivity index (χ2v) is 5.83. The van der Waals surface area contributed by atoms with Gasteiger partial charge in [0.15, 0.2) is 0 Å². The maximum absolute atomic E-state index is 12.8. The number of esters is 1. The van der Waals surface area contributed by atoms with Crippen LogP contribution in [0.15, 0.2) is 48.2 Å². The number of ether oxygens (including phenoxy) is 3. The van der Waals surface area contributed by atoms with E-state index in [-0.39, 0.29) is 36.6 Å². The van der Waals surface area contributed by atoms with Crippen LogP contribution in [-0.4, -0.2) is 50.4 Å². The summed E-state index contributed by atoms with van der Waals surface area (Å²) in [5.41, 5.74) is 0.665. The van der Waals surface area contributed by atoms with Crippen LogP contribution in [0.5, 0.6) is 5.75 Å². The van der Waals surface area contributed by atoms with E-state index >= 15 is 0 Å². The Balaban J connectivity index is 2.50. The van der Waals surface area contributed by atoms with Crippen molar-refractivity contribution in [1.29, 1.82) is 0 Å². The van der Waals surface area contributed by atoms with Gasteiger partial charge in [-0.1, -0.05) is 24.3 Å². The molecule has 0 fully saturated rings. The molecular formula is C19H22F2N2O5. The number of nitrogens with zero attached hydrogens (tertiary/aromatic N) is 1. The van der Waals surface area contributed by atoms with Crippen molar-refractivity contribution in [2.24, 2.45) is 0 Å². The number of hydrogen-bond acceptors (Lipinski definition) is 5. The Kier molecular flexibility index (Phi) is 7.51. The Morgan fingerprint density at radius 2 is 2.07 bits per heavy atom. The largest absolute Gasteiger partial charge is 0.460 e. The predicted molar refractivity (Wildman–Crippen MR) is 96.8 cm³/mol. The van der Waals surface area contributed by atoms with E-state index in [1.165, 1.54) is 36.3 Å². The van der Waals surface area contributed by atoms with Crippen molar-refractivity contribution in [3.05, 3.63) is 53.8 Å². The molecule has 9 heteroatoms. The van der Waals surface area contributed by atoms with Crippen LogP contribution in [0.3, 0.4) is 0 Å². The second kappa shape index (κ2) is 9.84. The van der Waals surface area contributed by atoms with Gasteiger partial charge in [0.2, 0.25) is 0 Å². The number of hydrogen-bond donors (Lipinski definition) is 1. The summed E-state index contributed by atoms with van der Waals surface area (Å²) in [6, 6.07) is 4.44. The van der Waals surface area contributed by atoms with Gasteiger partial charge in [0.25, 0.3) is 0 Å². The minimum absolute atomic E-state index is 0.00339. The van der Waals surface area contributed by atoms with Crippen LogP contribution in [0.2, 0.25) is 0 Å². The number of urea groups is 1. The van der Waals surface area contributed by atoms with Gasteiger partial charge < -0.3 is 19.5 Å². The smallest absolute Gasteiger partial charge is 0.387 e. The molecule has 28 heavy (non-hydrogen) atoms. The van der Waals surface area contributed by atoms with Crippen molar-refractivity contribution in [3.63, 3.8) is 0 Å². The molecule has 0 aromatic heterocycles. The quantitative estimate of drug-likeness (QED) is 0.395. The molecule has 0 saturated heterocycles. The van der Waals surface area contributed by atoms with Gasteiger partial charge in [-0.05, 0) is 13.0 Å². The molecule has 1 heterocycles. The van der Waals surface area contributed by atoms with Crippen LogP contribution in [0.25, 0.3) is 0 Å². The van der Waals surface area contributed by atoms with Crippen molar-refractivity contribution < 1.29 is 32.6 Å². The maximum Gasteiger partial charge on any atom is 0.387 e. The zero-order valence-electron chi connectivity index (χ0n) is 15.6. The molecule has 2 rings (SSSR count). The van der Waals surface area contributed by atoms with Crippen LogP contribution < -0.4 is 10.1 Å². The Bertz CT molecular complexity index is 766. The normalized spacial score (nSPS) is 16.8. The first-order chi connectivity index (χ1) is 13.4. The average molecular weight is 396 g/mol. The first-order valence-electron chi connectivity index (χ1n) is 8.50. The molecule has 1 aromatic rings. The third-order valence-electron chi connectivity index (χ3n) is 4.09. The maximum atomic E-state index is 12.8. The molecule has 0 unspecified atom stereocenters. The van der Waals surface area contributed by atoms with E-state index in [1.54, 1.807) is 13.0 Å². The summed E-state index contributed by atoms with van der Waals surface area (Å²) in [4.78, 5) is 26.6. The monoisotopic (exact) mass is 396 g/mol. The number of benzene rings is 1. The van der Waals surface area contributed by atoms with E-state index in [2.05, 4.69) is 16.6 Å². The Morgan fingerprint density at radius 3 is 2.71 bits per heavy atom. The predicted octanol–water partition coefficient (Wildman–Crippen LogP) is 3.00. The first-order valence-corrected chi connectivity index (χ1v) is 8.50. The molecule has 1 aliphatic heterocycles. The summed E-state index contributed by atoms with van der Waals surface area (Å²) in [7, 11) is 1.46. The molecule has 0 aliphatic carbocycles. The topological polar surface area (TPSA) is 77.1 Å². The van der Waals surface area contributed by atoms with Gasteiger partial charge in [0.1, 0.15) is 12.4 Å². The Hall–Kier alpha value is -2.94. The van der Waals surface area contributed by atoms with Gasteiger partial charge in [-0.25, -0.2) is 9.59 Å². The Labute approximate surface area is 161 Å². The minimum Gasteiger partial charge on any atom is -0.460 e. The van der Waals surface area contributed by atoms with Crippen molar-refractivity contribution in [2.45, 2.75) is 19.6 Å². The number of amides is 2. The lowest BCUT2D eigenvalue weighted by Crippen LogP contribution is -2.48. The van der Waals surface area contributed by atoms with Crippen molar-refractivity contribution in [1.82, 2.24) is 10.2 Å². The molecule has 1 aliphatic rings. The molecule has 0 spiro atoms. The summed E-state index contributed by atoms with van der Waals surface area (Å²) in [5, 5.41) is 2.66. The standard InChI is InChI=1S/C19H22F2N2O5/c1-4-9-23-12(2)15(17(24)27-11-10-26-3)16(22-19(23)25)13-7-5-6-8-14(13)28-18(20)21/h4-8,16,18H,1,9-11H2,2-3H3,(H,22,25)/t16-/m1/s1. The van der Waals surface area contributed by atoms with E-state index in [0.717, 1.165) is 0 Å². The minimum atomic E-state index is -3.06. The summed E-state index contributed by atoms with van der Waals surface area (Å²) in [6.45, 7) is 2.48. The van der Waals surface area contributed by atoms with Gasteiger partial charge >= 0.3 is 18.6 Å². The highest BCUT2D eigenvalue weighted by molar-refractivity contribution is 5.95. The summed E-state index contributed by atoms with van der Waals surface area (Å²) < 4.78 is 40.2. The van der Waals surface area contributed by atoms with E-state index in [4.69, 9.17) is 9.47 Å². The van der Waals surface area contributed by atoms with Gasteiger partial charge in [0, 0.05) is 24.9 Å². The number of nitrogens with one attached hydrogen (secondary N) is 1. The van der Waals surface area contributed by atoms with Crippen LogP contribution in [0.1, 0.15) is 18.5 Å². The van der Waals surface area contributed by atoms with Gasteiger partial charge in [-0.2, -0.15) is 8.78 Å². The number of methoxy groups -OCH3 is 1. The number of allylic oxidation sites excluding steroid dienone is 1. The van der Waals surface area contributed by atoms with Crippen LogP contribution >= 0.6 is 0 Å². The zero-order chi connectivity index (χ0) is 20.7. The van der Waals surface area contributed by atoms with Crippen molar-refractivity contribution >= 4 is 12.0 Å². The molecule has 1 N–H and O–H groups in total. The third kappa shape index (κ3) is 4.86.